The van der Waals surface area contributed by atoms with Gasteiger partial charge < -0.3 is 10.1 Å². The van der Waals surface area contributed by atoms with E-state index in [1.807, 2.05) is 18.2 Å². The van der Waals surface area contributed by atoms with Gasteiger partial charge in [-0.1, -0.05) is 54.6 Å². The first-order valence-corrected chi connectivity index (χ1v) is 7.36. The van der Waals surface area contributed by atoms with Crippen LogP contribution in [0.2, 0.25) is 0 Å². The predicted molar refractivity (Wildman–Crippen MR) is 87.0 cm³/mol. The zero-order valence-electron chi connectivity index (χ0n) is 11.8. The summed E-state index contributed by atoms with van der Waals surface area (Å²) in [6.07, 6.45) is 1.09. The summed E-state index contributed by atoms with van der Waals surface area (Å²) in [6.45, 7) is 0.847. The fourth-order valence-electron chi connectivity index (χ4n) is 2.99. The van der Waals surface area contributed by atoms with Gasteiger partial charge in [-0.2, -0.15) is 0 Å². The van der Waals surface area contributed by atoms with E-state index in [0.717, 1.165) is 24.4 Å². The summed E-state index contributed by atoms with van der Waals surface area (Å²) in [7, 11) is 0. The maximum absolute atomic E-state index is 6.12. The first-order chi connectivity index (χ1) is 10.4. The maximum atomic E-state index is 6.12. The Morgan fingerprint density at radius 2 is 1.71 bits per heavy atom. The molecular weight excluding hydrogens is 258 g/mol. The molecule has 0 aliphatic carbocycles. The second kappa shape index (κ2) is 5.13. The highest BCUT2D eigenvalue weighted by molar-refractivity contribution is 5.85. The second-order valence-electron chi connectivity index (χ2n) is 5.46. The summed E-state index contributed by atoms with van der Waals surface area (Å²) in [5.74, 6) is 0.953. The van der Waals surface area contributed by atoms with Crippen molar-refractivity contribution in [2.75, 3.05) is 11.9 Å². The van der Waals surface area contributed by atoms with E-state index < -0.39 is 0 Å². The molecule has 4 rings (SSSR count). The lowest BCUT2D eigenvalue weighted by Crippen LogP contribution is -2.32. The third-order valence-electron chi connectivity index (χ3n) is 4.03. The summed E-state index contributed by atoms with van der Waals surface area (Å²) in [5, 5.41) is 6.07. The number of nitrogens with one attached hydrogen (secondary N) is 1. The molecule has 104 valence electrons. The van der Waals surface area contributed by atoms with Gasteiger partial charge >= 0.3 is 0 Å². The molecule has 1 unspecified atom stereocenters. The number of fused-ring (bicyclic) bond motifs is 2. The van der Waals surface area contributed by atoms with E-state index >= 15 is 0 Å². The molecule has 0 saturated carbocycles. The van der Waals surface area contributed by atoms with Crippen LogP contribution in [0.5, 0.6) is 5.75 Å². The second-order valence-corrected chi connectivity index (χ2v) is 5.46. The molecule has 0 bridgehead atoms. The SMILES string of the molecule is c1ccc2c(c1)NCC(Cc1cccc3ccccc13)O2. The predicted octanol–water partition coefficient (Wildman–Crippen LogP) is 4.26. The van der Waals surface area contributed by atoms with Crippen LogP contribution in [0.15, 0.2) is 66.7 Å². The van der Waals surface area contributed by atoms with Gasteiger partial charge in [0.1, 0.15) is 11.9 Å². The molecule has 1 N–H and O–H groups in total. The highest BCUT2D eigenvalue weighted by Gasteiger charge is 2.19. The number of hydrogen-bond acceptors (Lipinski definition) is 2. The van der Waals surface area contributed by atoms with E-state index in [-0.39, 0.29) is 6.10 Å². The average molecular weight is 275 g/mol. The Kier molecular flexibility index (Phi) is 3.00. The average Bonchev–Trinajstić information content (AvgIpc) is 2.55. The fourth-order valence-corrected chi connectivity index (χ4v) is 2.99. The molecule has 0 spiro atoms. The van der Waals surface area contributed by atoms with Crippen LogP contribution in [-0.4, -0.2) is 12.6 Å². The van der Waals surface area contributed by atoms with Crippen molar-refractivity contribution in [3.8, 4) is 5.75 Å². The number of para-hydroxylation sites is 2. The molecular formula is C19H17NO. The largest absolute Gasteiger partial charge is 0.486 e. The quantitative estimate of drug-likeness (QED) is 0.754. The van der Waals surface area contributed by atoms with Crippen molar-refractivity contribution < 1.29 is 4.74 Å². The van der Waals surface area contributed by atoms with Gasteiger partial charge in [-0.15, -0.1) is 0 Å². The lowest BCUT2D eigenvalue weighted by molar-refractivity contribution is 0.207. The molecule has 21 heavy (non-hydrogen) atoms. The molecule has 0 fully saturated rings. The van der Waals surface area contributed by atoms with Gasteiger partial charge in [0.25, 0.3) is 0 Å². The Hall–Kier alpha value is -2.48. The number of benzene rings is 3. The number of anilines is 1. The molecule has 1 aliphatic heterocycles. The van der Waals surface area contributed by atoms with Crippen LogP contribution in [0.1, 0.15) is 5.56 Å². The van der Waals surface area contributed by atoms with Crippen LogP contribution in [0.4, 0.5) is 5.69 Å². The van der Waals surface area contributed by atoms with E-state index in [9.17, 15) is 0 Å². The minimum atomic E-state index is 0.172. The van der Waals surface area contributed by atoms with Crippen LogP contribution in [0, 0.1) is 0 Å². The first kappa shape index (κ1) is 12.3. The van der Waals surface area contributed by atoms with Gasteiger partial charge in [0.2, 0.25) is 0 Å². The Morgan fingerprint density at radius 3 is 2.71 bits per heavy atom. The van der Waals surface area contributed by atoms with Crippen molar-refractivity contribution in [3.63, 3.8) is 0 Å². The van der Waals surface area contributed by atoms with E-state index in [1.54, 1.807) is 0 Å². The molecule has 3 aromatic carbocycles. The van der Waals surface area contributed by atoms with Crippen molar-refractivity contribution in [3.05, 3.63) is 72.3 Å². The number of rotatable bonds is 2. The lowest BCUT2D eigenvalue weighted by atomic mass is 9.99. The molecule has 2 heteroatoms. The summed E-state index contributed by atoms with van der Waals surface area (Å²) < 4.78 is 6.12. The molecule has 2 nitrogen and oxygen atoms in total. The Bertz CT molecular complexity index is 776. The third kappa shape index (κ3) is 2.33. The Balaban J connectivity index is 1.62. The van der Waals surface area contributed by atoms with Gasteiger partial charge in [0.15, 0.2) is 0 Å². The Labute approximate surface area is 124 Å². The van der Waals surface area contributed by atoms with Crippen molar-refractivity contribution in [1.82, 2.24) is 0 Å². The summed E-state index contributed by atoms with van der Waals surface area (Å²) in [5.41, 5.74) is 2.44. The Morgan fingerprint density at radius 1 is 0.905 bits per heavy atom. The minimum Gasteiger partial charge on any atom is -0.486 e. The summed E-state index contributed by atoms with van der Waals surface area (Å²) in [4.78, 5) is 0. The highest BCUT2D eigenvalue weighted by Crippen LogP contribution is 2.30. The monoisotopic (exact) mass is 275 g/mol. The molecule has 0 radical (unpaired) electrons. The fraction of sp³-hybridized carbons (Fsp3) is 0.158. The molecule has 0 aromatic heterocycles. The van der Waals surface area contributed by atoms with Crippen LogP contribution in [0.25, 0.3) is 10.8 Å². The molecule has 1 heterocycles. The lowest BCUT2D eigenvalue weighted by Gasteiger charge is -2.27. The van der Waals surface area contributed by atoms with E-state index in [0.29, 0.717) is 0 Å². The van der Waals surface area contributed by atoms with Crippen LogP contribution < -0.4 is 10.1 Å². The third-order valence-corrected chi connectivity index (χ3v) is 4.03. The highest BCUT2D eigenvalue weighted by atomic mass is 16.5. The number of ether oxygens (including phenoxy) is 1. The van der Waals surface area contributed by atoms with Gasteiger partial charge in [0, 0.05) is 6.42 Å². The molecule has 1 atom stereocenters. The topological polar surface area (TPSA) is 21.3 Å². The van der Waals surface area contributed by atoms with Gasteiger partial charge in [-0.25, -0.2) is 0 Å². The van der Waals surface area contributed by atoms with Crippen LogP contribution >= 0.6 is 0 Å². The van der Waals surface area contributed by atoms with Crippen LogP contribution in [0.3, 0.4) is 0 Å². The van der Waals surface area contributed by atoms with Crippen molar-refractivity contribution in [1.29, 1.82) is 0 Å². The summed E-state index contributed by atoms with van der Waals surface area (Å²) in [6, 6.07) is 23.1. The zero-order chi connectivity index (χ0) is 14.1. The van der Waals surface area contributed by atoms with Gasteiger partial charge in [-0.05, 0) is 28.5 Å². The van der Waals surface area contributed by atoms with Crippen LogP contribution in [-0.2, 0) is 6.42 Å². The molecule has 3 aromatic rings. The van der Waals surface area contributed by atoms with Crippen molar-refractivity contribution in [2.24, 2.45) is 0 Å². The van der Waals surface area contributed by atoms with E-state index in [2.05, 4.69) is 53.8 Å². The molecule has 0 amide bonds. The molecule has 1 aliphatic rings. The number of hydrogen-bond donors (Lipinski definition) is 1. The van der Waals surface area contributed by atoms with Gasteiger partial charge in [-0.3, -0.25) is 0 Å². The summed E-state index contributed by atoms with van der Waals surface area (Å²) >= 11 is 0. The minimum absolute atomic E-state index is 0.172. The maximum Gasteiger partial charge on any atom is 0.142 e. The standard InChI is InChI=1S/C19H17NO/c1-2-9-17-14(6-1)7-5-8-15(17)12-16-13-20-18-10-3-4-11-19(18)21-16/h1-11,16,20H,12-13H2. The van der Waals surface area contributed by atoms with E-state index in [4.69, 9.17) is 4.74 Å². The van der Waals surface area contributed by atoms with Crippen molar-refractivity contribution in [2.45, 2.75) is 12.5 Å². The van der Waals surface area contributed by atoms with Gasteiger partial charge in [0.05, 0.1) is 12.2 Å². The smallest absolute Gasteiger partial charge is 0.142 e. The van der Waals surface area contributed by atoms with Crippen molar-refractivity contribution >= 4 is 16.5 Å². The van der Waals surface area contributed by atoms with E-state index in [1.165, 1.54) is 16.3 Å². The zero-order valence-corrected chi connectivity index (χ0v) is 11.8. The first-order valence-electron chi connectivity index (χ1n) is 7.36. The molecule has 0 saturated heterocycles. The normalized spacial score (nSPS) is 16.9.